The number of hydrogen-bond donors (Lipinski definition) is 1. The SMILES string of the molecule is C=COCCCCNC. The lowest BCUT2D eigenvalue weighted by atomic mass is 10.3. The van der Waals surface area contributed by atoms with Crippen molar-refractivity contribution in [1.82, 2.24) is 5.32 Å². The third-order valence-corrected chi connectivity index (χ3v) is 1.06. The zero-order valence-corrected chi connectivity index (χ0v) is 6.02. The van der Waals surface area contributed by atoms with Crippen molar-refractivity contribution in [3.05, 3.63) is 12.8 Å². The van der Waals surface area contributed by atoms with E-state index in [-0.39, 0.29) is 0 Å². The average molecular weight is 129 g/mol. The molecule has 0 radical (unpaired) electrons. The minimum atomic E-state index is 0.797. The molecule has 0 aliphatic rings. The Bertz CT molecular complexity index is 63.9. The lowest BCUT2D eigenvalue weighted by Crippen LogP contribution is -2.07. The maximum Gasteiger partial charge on any atom is 0.0873 e. The van der Waals surface area contributed by atoms with Crippen LogP contribution in [0.15, 0.2) is 12.8 Å². The molecule has 9 heavy (non-hydrogen) atoms. The molecule has 0 bridgehead atoms. The predicted molar refractivity (Wildman–Crippen MR) is 39.3 cm³/mol. The fourth-order valence-corrected chi connectivity index (χ4v) is 0.571. The first-order valence-electron chi connectivity index (χ1n) is 3.29. The smallest absolute Gasteiger partial charge is 0.0873 e. The summed E-state index contributed by atoms with van der Waals surface area (Å²) in [6.07, 6.45) is 3.76. The van der Waals surface area contributed by atoms with Crippen molar-refractivity contribution in [2.24, 2.45) is 0 Å². The van der Waals surface area contributed by atoms with E-state index < -0.39 is 0 Å². The molecule has 0 atom stereocenters. The second-order valence-electron chi connectivity index (χ2n) is 1.85. The highest BCUT2D eigenvalue weighted by atomic mass is 16.5. The topological polar surface area (TPSA) is 21.3 Å². The van der Waals surface area contributed by atoms with Crippen LogP contribution in [0.4, 0.5) is 0 Å². The maximum absolute atomic E-state index is 4.92. The van der Waals surface area contributed by atoms with E-state index >= 15 is 0 Å². The summed E-state index contributed by atoms with van der Waals surface area (Å²) in [5.74, 6) is 0. The van der Waals surface area contributed by atoms with E-state index in [1.54, 1.807) is 0 Å². The van der Waals surface area contributed by atoms with Crippen LogP contribution in [-0.2, 0) is 4.74 Å². The lowest BCUT2D eigenvalue weighted by molar-refractivity contribution is 0.243. The van der Waals surface area contributed by atoms with E-state index in [1.165, 1.54) is 12.7 Å². The third kappa shape index (κ3) is 7.50. The van der Waals surface area contributed by atoms with Gasteiger partial charge in [-0.2, -0.15) is 0 Å². The van der Waals surface area contributed by atoms with E-state index in [4.69, 9.17) is 4.74 Å². The van der Waals surface area contributed by atoms with Crippen molar-refractivity contribution in [1.29, 1.82) is 0 Å². The second-order valence-corrected chi connectivity index (χ2v) is 1.85. The highest BCUT2D eigenvalue weighted by Crippen LogP contribution is 1.87. The molecule has 2 heteroatoms. The van der Waals surface area contributed by atoms with Crippen molar-refractivity contribution in [3.63, 3.8) is 0 Å². The van der Waals surface area contributed by atoms with Gasteiger partial charge >= 0.3 is 0 Å². The Morgan fingerprint density at radius 3 is 2.89 bits per heavy atom. The summed E-state index contributed by atoms with van der Waals surface area (Å²) < 4.78 is 4.92. The summed E-state index contributed by atoms with van der Waals surface area (Å²) in [6.45, 7) is 5.31. The zero-order valence-electron chi connectivity index (χ0n) is 6.02. The van der Waals surface area contributed by atoms with Crippen molar-refractivity contribution in [2.45, 2.75) is 12.8 Å². The number of unbranched alkanes of at least 4 members (excludes halogenated alkanes) is 1. The second kappa shape index (κ2) is 7.50. The van der Waals surface area contributed by atoms with Crippen LogP contribution >= 0.6 is 0 Å². The molecule has 0 unspecified atom stereocenters. The fraction of sp³-hybridized carbons (Fsp3) is 0.714. The van der Waals surface area contributed by atoms with Crippen LogP contribution in [0.2, 0.25) is 0 Å². The van der Waals surface area contributed by atoms with Gasteiger partial charge in [0, 0.05) is 0 Å². The Labute approximate surface area is 56.9 Å². The number of ether oxygens (including phenoxy) is 1. The van der Waals surface area contributed by atoms with Gasteiger partial charge in [0.15, 0.2) is 0 Å². The molecular weight excluding hydrogens is 114 g/mol. The van der Waals surface area contributed by atoms with Crippen LogP contribution in [0, 0.1) is 0 Å². The van der Waals surface area contributed by atoms with Crippen LogP contribution in [0.3, 0.4) is 0 Å². The molecule has 0 heterocycles. The van der Waals surface area contributed by atoms with Crippen LogP contribution < -0.4 is 5.32 Å². The summed E-state index contributed by atoms with van der Waals surface area (Å²) in [7, 11) is 1.95. The molecule has 0 aromatic heterocycles. The van der Waals surface area contributed by atoms with Gasteiger partial charge in [0.05, 0.1) is 12.9 Å². The summed E-state index contributed by atoms with van der Waals surface area (Å²) >= 11 is 0. The lowest BCUT2D eigenvalue weighted by Gasteiger charge is -1.98. The van der Waals surface area contributed by atoms with Gasteiger partial charge in [-0.3, -0.25) is 0 Å². The van der Waals surface area contributed by atoms with Crippen LogP contribution in [0.25, 0.3) is 0 Å². The molecule has 54 valence electrons. The Morgan fingerprint density at radius 1 is 1.56 bits per heavy atom. The van der Waals surface area contributed by atoms with Crippen molar-refractivity contribution in [2.75, 3.05) is 20.2 Å². The maximum atomic E-state index is 4.92. The van der Waals surface area contributed by atoms with E-state index in [9.17, 15) is 0 Å². The van der Waals surface area contributed by atoms with Gasteiger partial charge < -0.3 is 10.1 Å². The molecule has 0 rings (SSSR count). The molecule has 0 aromatic rings. The van der Waals surface area contributed by atoms with Gasteiger partial charge in [0.1, 0.15) is 0 Å². The van der Waals surface area contributed by atoms with Gasteiger partial charge in [0.2, 0.25) is 0 Å². The minimum Gasteiger partial charge on any atom is -0.502 e. The third-order valence-electron chi connectivity index (χ3n) is 1.06. The molecule has 0 aliphatic carbocycles. The van der Waals surface area contributed by atoms with E-state index in [2.05, 4.69) is 11.9 Å². The monoisotopic (exact) mass is 129 g/mol. The molecule has 0 spiro atoms. The quantitative estimate of drug-likeness (QED) is 0.429. The molecule has 0 saturated heterocycles. The normalized spacial score (nSPS) is 9.00. The van der Waals surface area contributed by atoms with Crippen molar-refractivity contribution >= 4 is 0 Å². The Morgan fingerprint density at radius 2 is 2.33 bits per heavy atom. The van der Waals surface area contributed by atoms with E-state index in [0.717, 1.165) is 19.6 Å². The molecule has 0 fully saturated rings. The molecule has 2 nitrogen and oxygen atoms in total. The first-order chi connectivity index (χ1) is 4.41. The molecule has 1 N–H and O–H groups in total. The van der Waals surface area contributed by atoms with Crippen LogP contribution in [0.5, 0.6) is 0 Å². The van der Waals surface area contributed by atoms with Gasteiger partial charge in [0.25, 0.3) is 0 Å². The van der Waals surface area contributed by atoms with Gasteiger partial charge in [-0.25, -0.2) is 0 Å². The average Bonchev–Trinajstić information content (AvgIpc) is 1.89. The Balaban J connectivity index is 2.66. The Hall–Kier alpha value is -0.500. The highest BCUT2D eigenvalue weighted by Gasteiger charge is 1.83. The zero-order chi connectivity index (χ0) is 6.95. The van der Waals surface area contributed by atoms with Crippen LogP contribution in [0.1, 0.15) is 12.8 Å². The summed E-state index contributed by atoms with van der Waals surface area (Å²) in [5, 5.41) is 3.06. The van der Waals surface area contributed by atoms with E-state index in [0.29, 0.717) is 0 Å². The molecule has 0 amide bonds. The molecular formula is C7H15NO. The van der Waals surface area contributed by atoms with Crippen molar-refractivity contribution < 1.29 is 4.74 Å². The number of rotatable bonds is 6. The number of hydrogen-bond acceptors (Lipinski definition) is 2. The predicted octanol–water partition coefficient (Wildman–Crippen LogP) is 1.15. The van der Waals surface area contributed by atoms with Gasteiger partial charge in [-0.05, 0) is 26.4 Å². The first-order valence-corrected chi connectivity index (χ1v) is 3.29. The molecule has 0 saturated carbocycles. The first kappa shape index (κ1) is 8.50. The fourth-order valence-electron chi connectivity index (χ4n) is 0.571. The highest BCUT2D eigenvalue weighted by molar-refractivity contribution is 4.49. The minimum absolute atomic E-state index is 0.797. The van der Waals surface area contributed by atoms with E-state index in [1.807, 2.05) is 7.05 Å². The van der Waals surface area contributed by atoms with Gasteiger partial charge in [-0.1, -0.05) is 6.58 Å². The molecule has 0 aliphatic heterocycles. The summed E-state index contributed by atoms with van der Waals surface area (Å²) in [4.78, 5) is 0. The summed E-state index contributed by atoms with van der Waals surface area (Å²) in [5.41, 5.74) is 0. The molecule has 0 aromatic carbocycles. The number of nitrogens with one attached hydrogen (secondary N) is 1. The van der Waals surface area contributed by atoms with Crippen LogP contribution in [-0.4, -0.2) is 20.2 Å². The van der Waals surface area contributed by atoms with Crippen molar-refractivity contribution in [3.8, 4) is 0 Å². The standard InChI is InChI=1S/C7H15NO/c1-3-9-7-5-4-6-8-2/h3,8H,1,4-7H2,2H3. The van der Waals surface area contributed by atoms with Gasteiger partial charge in [-0.15, -0.1) is 0 Å². The Kier molecular flexibility index (Phi) is 7.08. The largest absolute Gasteiger partial charge is 0.502 e. The summed E-state index contributed by atoms with van der Waals surface area (Å²) in [6, 6.07) is 0.